The molecule has 0 aliphatic heterocycles. The van der Waals surface area contributed by atoms with Gasteiger partial charge in [0.1, 0.15) is 5.75 Å². The molecule has 1 N–H and O–H groups in total. The van der Waals surface area contributed by atoms with Gasteiger partial charge in [0.05, 0.1) is 22.2 Å². The Hall–Kier alpha value is -2.05. The maximum atomic E-state index is 12.3. The van der Waals surface area contributed by atoms with E-state index >= 15 is 0 Å². The fourth-order valence-electron chi connectivity index (χ4n) is 2.05. The Bertz CT molecular complexity index is 893. The lowest BCUT2D eigenvalue weighted by Gasteiger charge is -2.11. The Morgan fingerprint density at radius 2 is 1.84 bits per heavy atom. The second-order valence-electron chi connectivity index (χ2n) is 5.96. The van der Waals surface area contributed by atoms with Crippen LogP contribution in [0.4, 0.5) is 0 Å². The van der Waals surface area contributed by atoms with E-state index in [-0.39, 0.29) is 11.0 Å². The molecule has 5 nitrogen and oxygen atoms in total. The zero-order chi connectivity index (χ0) is 18.6. The summed E-state index contributed by atoms with van der Waals surface area (Å²) >= 11 is 6.15. The molecule has 0 fully saturated rings. The van der Waals surface area contributed by atoms with Gasteiger partial charge in [-0.05, 0) is 74.7 Å². The topological polar surface area (TPSA) is 67.8 Å². The van der Waals surface area contributed by atoms with Crippen LogP contribution in [0.3, 0.4) is 0 Å². The molecule has 0 heterocycles. The Kier molecular flexibility index (Phi) is 6.08. The average molecular weight is 381 g/mol. The lowest BCUT2D eigenvalue weighted by molar-refractivity contribution is 0.242. The number of hydrogen-bond donors (Lipinski definition) is 1. The van der Waals surface area contributed by atoms with Crippen LogP contribution in [0, 0.1) is 13.8 Å². The number of benzene rings is 2. The second-order valence-corrected chi connectivity index (χ2v) is 8.02. The Labute approximate surface area is 153 Å². The van der Waals surface area contributed by atoms with E-state index in [1.54, 1.807) is 36.4 Å². The van der Waals surface area contributed by atoms with E-state index in [1.807, 2.05) is 27.7 Å². The Morgan fingerprint density at radius 1 is 1.12 bits per heavy atom. The van der Waals surface area contributed by atoms with Gasteiger partial charge in [-0.3, -0.25) is 0 Å². The van der Waals surface area contributed by atoms with Crippen molar-refractivity contribution in [3.05, 3.63) is 58.1 Å². The zero-order valence-electron chi connectivity index (χ0n) is 14.6. The highest BCUT2D eigenvalue weighted by Crippen LogP contribution is 2.25. The van der Waals surface area contributed by atoms with Gasteiger partial charge in [-0.2, -0.15) is 13.5 Å². The number of nitrogens with zero attached hydrogens (tertiary/aromatic N) is 1. The lowest BCUT2D eigenvalue weighted by atomic mass is 10.1. The molecule has 2 aromatic carbocycles. The predicted octanol–water partition coefficient (Wildman–Crippen LogP) is 4.06. The van der Waals surface area contributed by atoms with Crippen LogP contribution in [0.5, 0.6) is 5.75 Å². The van der Waals surface area contributed by atoms with Crippen LogP contribution in [0.2, 0.25) is 5.02 Å². The van der Waals surface area contributed by atoms with Crippen molar-refractivity contribution in [2.24, 2.45) is 5.10 Å². The molecule has 0 radical (unpaired) electrons. The first kappa shape index (κ1) is 19.3. The lowest BCUT2D eigenvalue weighted by Crippen LogP contribution is -2.18. The molecule has 134 valence electrons. The van der Waals surface area contributed by atoms with Gasteiger partial charge in [0, 0.05) is 0 Å². The molecule has 2 rings (SSSR count). The smallest absolute Gasteiger partial charge is 0.276 e. The molecule has 7 heteroatoms. The fourth-order valence-corrected chi connectivity index (χ4v) is 3.16. The SMILES string of the molecule is Cc1ccc(S(=O)(=O)N/N=C/c2ccc(OC(C)C)c(Cl)c2)cc1C. The van der Waals surface area contributed by atoms with E-state index in [0.717, 1.165) is 11.1 Å². The largest absolute Gasteiger partial charge is 0.489 e. The number of ether oxygens (including phenoxy) is 1. The summed E-state index contributed by atoms with van der Waals surface area (Å²) in [7, 11) is -3.71. The molecule has 0 saturated heterocycles. The van der Waals surface area contributed by atoms with Crippen molar-refractivity contribution in [1.82, 2.24) is 4.83 Å². The van der Waals surface area contributed by atoms with Gasteiger partial charge in [-0.25, -0.2) is 4.83 Å². The summed E-state index contributed by atoms with van der Waals surface area (Å²) in [6.45, 7) is 7.61. The Morgan fingerprint density at radius 3 is 2.44 bits per heavy atom. The highest BCUT2D eigenvalue weighted by Gasteiger charge is 2.13. The monoisotopic (exact) mass is 380 g/mol. The van der Waals surface area contributed by atoms with Crippen LogP contribution in [0.15, 0.2) is 46.4 Å². The van der Waals surface area contributed by atoms with Crippen LogP contribution in [-0.2, 0) is 10.0 Å². The minimum Gasteiger partial charge on any atom is -0.489 e. The van der Waals surface area contributed by atoms with E-state index in [0.29, 0.717) is 16.3 Å². The molecule has 0 atom stereocenters. The number of aryl methyl sites for hydroxylation is 2. The molecule has 0 amide bonds. The number of nitrogens with one attached hydrogen (secondary N) is 1. The van der Waals surface area contributed by atoms with Crippen molar-refractivity contribution < 1.29 is 13.2 Å². The molecule has 0 aliphatic carbocycles. The van der Waals surface area contributed by atoms with Crippen LogP contribution in [0.1, 0.15) is 30.5 Å². The molecule has 2 aromatic rings. The van der Waals surface area contributed by atoms with Gasteiger partial charge in [0.25, 0.3) is 10.0 Å². The number of halogens is 1. The van der Waals surface area contributed by atoms with Crippen molar-refractivity contribution >= 4 is 27.8 Å². The first-order chi connectivity index (χ1) is 11.7. The van der Waals surface area contributed by atoms with Crippen LogP contribution in [-0.4, -0.2) is 20.7 Å². The minimum absolute atomic E-state index is 0.0155. The summed E-state index contributed by atoms with van der Waals surface area (Å²) in [5.41, 5.74) is 2.59. The highest BCUT2D eigenvalue weighted by molar-refractivity contribution is 7.89. The van der Waals surface area contributed by atoms with E-state index in [1.165, 1.54) is 6.21 Å². The Balaban J connectivity index is 2.11. The predicted molar refractivity (Wildman–Crippen MR) is 101 cm³/mol. The number of hydrogen-bond acceptors (Lipinski definition) is 4. The van der Waals surface area contributed by atoms with Crippen LogP contribution >= 0.6 is 11.6 Å². The van der Waals surface area contributed by atoms with E-state index < -0.39 is 10.0 Å². The average Bonchev–Trinajstić information content (AvgIpc) is 2.52. The van der Waals surface area contributed by atoms with Gasteiger partial charge in [0.15, 0.2) is 0 Å². The number of hydrazone groups is 1. The summed E-state index contributed by atoms with van der Waals surface area (Å²) in [5, 5.41) is 4.25. The van der Waals surface area contributed by atoms with Crippen molar-refractivity contribution in [3.63, 3.8) is 0 Å². The third-order valence-electron chi connectivity index (χ3n) is 3.49. The van der Waals surface area contributed by atoms with Gasteiger partial charge < -0.3 is 4.74 Å². The molecular weight excluding hydrogens is 360 g/mol. The summed E-state index contributed by atoms with van der Waals surface area (Å²) in [6, 6.07) is 10.1. The second kappa shape index (κ2) is 7.89. The summed E-state index contributed by atoms with van der Waals surface area (Å²) < 4.78 is 30.1. The number of sulfonamides is 1. The molecular formula is C18H21ClN2O3S. The van der Waals surface area contributed by atoms with E-state index in [9.17, 15) is 8.42 Å². The molecule has 0 spiro atoms. The first-order valence-electron chi connectivity index (χ1n) is 7.77. The van der Waals surface area contributed by atoms with Crippen LogP contribution in [0.25, 0.3) is 0 Å². The molecule has 25 heavy (non-hydrogen) atoms. The van der Waals surface area contributed by atoms with E-state index in [4.69, 9.17) is 16.3 Å². The van der Waals surface area contributed by atoms with Gasteiger partial charge in [-0.1, -0.05) is 17.7 Å². The van der Waals surface area contributed by atoms with Crippen molar-refractivity contribution in [3.8, 4) is 5.75 Å². The quantitative estimate of drug-likeness (QED) is 0.607. The molecule has 0 unspecified atom stereocenters. The third kappa shape index (κ3) is 5.21. The molecule has 0 saturated carbocycles. The van der Waals surface area contributed by atoms with Crippen molar-refractivity contribution in [2.45, 2.75) is 38.7 Å². The highest BCUT2D eigenvalue weighted by atomic mass is 35.5. The first-order valence-corrected chi connectivity index (χ1v) is 9.63. The summed E-state index contributed by atoms with van der Waals surface area (Å²) in [6.07, 6.45) is 1.41. The number of rotatable bonds is 6. The van der Waals surface area contributed by atoms with Crippen molar-refractivity contribution in [1.29, 1.82) is 0 Å². The molecule has 0 aromatic heterocycles. The maximum Gasteiger partial charge on any atom is 0.276 e. The van der Waals surface area contributed by atoms with Crippen molar-refractivity contribution in [2.75, 3.05) is 0 Å². The maximum absolute atomic E-state index is 12.3. The molecule has 0 aliphatic rings. The zero-order valence-corrected chi connectivity index (χ0v) is 16.1. The standard InChI is InChI=1S/C18H21ClN2O3S/c1-12(2)24-18-8-6-15(10-17(18)19)11-20-21-25(22,23)16-7-5-13(3)14(4)9-16/h5-12,21H,1-4H3/b20-11+. The van der Waals surface area contributed by atoms with Gasteiger partial charge >= 0.3 is 0 Å². The minimum atomic E-state index is -3.71. The van der Waals surface area contributed by atoms with Gasteiger partial charge in [-0.15, -0.1) is 0 Å². The van der Waals surface area contributed by atoms with Gasteiger partial charge in [0.2, 0.25) is 0 Å². The third-order valence-corrected chi connectivity index (χ3v) is 5.01. The normalized spacial score (nSPS) is 11.9. The summed E-state index contributed by atoms with van der Waals surface area (Å²) in [4.78, 5) is 2.38. The summed E-state index contributed by atoms with van der Waals surface area (Å²) in [5.74, 6) is 0.574. The van der Waals surface area contributed by atoms with Crippen LogP contribution < -0.4 is 9.57 Å². The fraction of sp³-hybridized carbons (Fsp3) is 0.278. The molecule has 0 bridgehead atoms. The van der Waals surface area contributed by atoms with E-state index in [2.05, 4.69) is 9.93 Å².